The summed E-state index contributed by atoms with van der Waals surface area (Å²) < 4.78 is 40.3. The van der Waals surface area contributed by atoms with Gasteiger partial charge in [-0.05, 0) is 62.2 Å². The maximum Gasteiger partial charge on any atom is 0.337 e. The van der Waals surface area contributed by atoms with Crippen molar-refractivity contribution in [2.75, 3.05) is 33.4 Å². The van der Waals surface area contributed by atoms with Crippen molar-refractivity contribution in [1.82, 2.24) is 8.87 Å². The van der Waals surface area contributed by atoms with E-state index in [9.17, 15) is 18.0 Å². The second kappa shape index (κ2) is 11.5. The second-order valence-corrected chi connectivity index (χ2v) is 11.3. The number of ether oxygens (including phenoxy) is 2. The number of sulfonamides is 1. The van der Waals surface area contributed by atoms with E-state index in [-0.39, 0.29) is 10.5 Å². The molecule has 1 aromatic heterocycles. The quantitative estimate of drug-likeness (QED) is 0.326. The number of aromatic nitrogens is 1. The number of esters is 1. The molecular weight excluding hydrogens is 502 g/mol. The molecule has 1 aliphatic rings. The normalized spacial score (nSPS) is 15.3. The molecule has 9 nitrogen and oxygen atoms in total. The maximum absolute atomic E-state index is 13.0. The summed E-state index contributed by atoms with van der Waals surface area (Å²) in [4.78, 5) is 29.9. The molecule has 3 aromatic rings. The summed E-state index contributed by atoms with van der Waals surface area (Å²) in [5.41, 5.74) is 1.52. The van der Waals surface area contributed by atoms with Crippen molar-refractivity contribution in [2.24, 2.45) is 4.99 Å². The van der Waals surface area contributed by atoms with Crippen molar-refractivity contribution in [3.8, 4) is 0 Å². The van der Waals surface area contributed by atoms with Gasteiger partial charge in [-0.3, -0.25) is 4.79 Å². The SMILES string of the molecule is CCOCCn1c(=NC(=O)c2ccc(S(=O)(=O)N3CCCCC3)cc2)sc2cc(C(=O)OC)ccc21. The lowest BCUT2D eigenvalue weighted by atomic mass is 10.2. The van der Waals surface area contributed by atoms with Crippen LogP contribution in [-0.4, -0.2) is 62.6 Å². The Morgan fingerprint density at radius 1 is 1.03 bits per heavy atom. The molecule has 0 radical (unpaired) electrons. The van der Waals surface area contributed by atoms with Gasteiger partial charge < -0.3 is 14.0 Å². The average Bonchev–Trinajstić information content (AvgIpc) is 3.24. The van der Waals surface area contributed by atoms with E-state index < -0.39 is 21.9 Å². The second-order valence-electron chi connectivity index (χ2n) is 8.31. The van der Waals surface area contributed by atoms with Crippen LogP contribution in [0.4, 0.5) is 0 Å². The van der Waals surface area contributed by atoms with E-state index in [0.717, 1.165) is 29.5 Å². The molecule has 11 heteroatoms. The lowest BCUT2D eigenvalue weighted by Crippen LogP contribution is -2.35. The fourth-order valence-corrected chi connectivity index (χ4v) is 6.71. The molecule has 2 heterocycles. The summed E-state index contributed by atoms with van der Waals surface area (Å²) >= 11 is 1.28. The van der Waals surface area contributed by atoms with Crippen molar-refractivity contribution in [2.45, 2.75) is 37.6 Å². The third-order valence-electron chi connectivity index (χ3n) is 6.02. The molecule has 0 unspecified atom stereocenters. The molecule has 192 valence electrons. The predicted octanol–water partition coefficient (Wildman–Crippen LogP) is 3.44. The summed E-state index contributed by atoms with van der Waals surface area (Å²) in [5.74, 6) is -0.929. The van der Waals surface area contributed by atoms with E-state index in [1.54, 1.807) is 18.2 Å². The minimum atomic E-state index is -3.58. The van der Waals surface area contributed by atoms with E-state index in [4.69, 9.17) is 9.47 Å². The van der Waals surface area contributed by atoms with Crippen LogP contribution in [0.3, 0.4) is 0 Å². The number of amides is 1. The van der Waals surface area contributed by atoms with Crippen molar-refractivity contribution < 1.29 is 27.5 Å². The highest BCUT2D eigenvalue weighted by atomic mass is 32.2. The fourth-order valence-electron chi connectivity index (χ4n) is 4.09. The van der Waals surface area contributed by atoms with Gasteiger partial charge >= 0.3 is 5.97 Å². The van der Waals surface area contributed by atoms with Crippen molar-refractivity contribution in [1.29, 1.82) is 0 Å². The lowest BCUT2D eigenvalue weighted by molar-refractivity contribution is 0.0600. The fraction of sp³-hybridized carbons (Fsp3) is 0.400. The van der Waals surface area contributed by atoms with Crippen molar-refractivity contribution in [3.63, 3.8) is 0 Å². The van der Waals surface area contributed by atoms with Crippen LogP contribution < -0.4 is 4.80 Å². The van der Waals surface area contributed by atoms with Crippen molar-refractivity contribution in [3.05, 3.63) is 58.4 Å². The summed E-state index contributed by atoms with van der Waals surface area (Å²) in [6.45, 7) is 4.42. The summed E-state index contributed by atoms with van der Waals surface area (Å²) in [6, 6.07) is 11.1. The maximum atomic E-state index is 13.0. The van der Waals surface area contributed by atoms with Gasteiger partial charge in [0, 0.05) is 31.8 Å². The monoisotopic (exact) mass is 531 g/mol. The highest BCUT2D eigenvalue weighted by molar-refractivity contribution is 7.89. The van der Waals surface area contributed by atoms with Crippen LogP contribution in [-0.2, 0) is 26.0 Å². The third-order valence-corrected chi connectivity index (χ3v) is 8.97. The summed E-state index contributed by atoms with van der Waals surface area (Å²) in [7, 11) is -2.25. The van der Waals surface area contributed by atoms with Gasteiger partial charge in [-0.1, -0.05) is 17.8 Å². The molecule has 0 spiro atoms. The van der Waals surface area contributed by atoms with E-state index in [1.165, 1.54) is 47.0 Å². The Kier molecular flexibility index (Phi) is 8.35. The number of thiazole rings is 1. The summed E-state index contributed by atoms with van der Waals surface area (Å²) in [5, 5.41) is 0. The number of carbonyl (C=O) groups is 2. The topological polar surface area (TPSA) is 107 Å². The van der Waals surface area contributed by atoms with Crippen LogP contribution in [0.5, 0.6) is 0 Å². The van der Waals surface area contributed by atoms with Gasteiger partial charge in [0.1, 0.15) is 0 Å². The van der Waals surface area contributed by atoms with Gasteiger partial charge in [0.05, 0.1) is 34.4 Å². The zero-order chi connectivity index (χ0) is 25.7. The first-order valence-electron chi connectivity index (χ1n) is 11.8. The smallest absolute Gasteiger partial charge is 0.337 e. The van der Waals surface area contributed by atoms with E-state index >= 15 is 0 Å². The molecule has 1 amide bonds. The van der Waals surface area contributed by atoms with Crippen LogP contribution >= 0.6 is 11.3 Å². The van der Waals surface area contributed by atoms with Crippen molar-refractivity contribution >= 4 is 43.5 Å². The predicted molar refractivity (Wildman–Crippen MR) is 137 cm³/mol. The Hall–Kier alpha value is -2.86. The zero-order valence-electron chi connectivity index (χ0n) is 20.3. The molecule has 0 atom stereocenters. The Balaban J connectivity index is 1.66. The molecule has 36 heavy (non-hydrogen) atoms. The highest BCUT2D eigenvalue weighted by Gasteiger charge is 2.26. The van der Waals surface area contributed by atoms with Crippen LogP contribution in [0.25, 0.3) is 10.2 Å². The van der Waals surface area contributed by atoms with Gasteiger partial charge in [-0.25, -0.2) is 13.2 Å². The van der Waals surface area contributed by atoms with Crippen LogP contribution in [0, 0.1) is 0 Å². The molecule has 1 fully saturated rings. The number of nitrogens with zero attached hydrogens (tertiary/aromatic N) is 3. The number of piperidine rings is 1. The van der Waals surface area contributed by atoms with Gasteiger partial charge in [0.25, 0.3) is 5.91 Å². The van der Waals surface area contributed by atoms with E-state index in [1.807, 2.05) is 11.5 Å². The number of methoxy groups -OCH3 is 1. The van der Waals surface area contributed by atoms with E-state index in [0.29, 0.717) is 43.2 Å². The Labute approximate surface area is 214 Å². The number of hydrogen-bond acceptors (Lipinski definition) is 7. The van der Waals surface area contributed by atoms with Crippen LogP contribution in [0.15, 0.2) is 52.4 Å². The number of rotatable bonds is 8. The first kappa shape index (κ1) is 26.2. The van der Waals surface area contributed by atoms with Gasteiger partial charge in [0.15, 0.2) is 4.80 Å². The number of hydrogen-bond donors (Lipinski definition) is 0. The lowest BCUT2D eigenvalue weighted by Gasteiger charge is -2.25. The Morgan fingerprint density at radius 2 is 1.72 bits per heavy atom. The first-order chi connectivity index (χ1) is 17.3. The molecule has 2 aromatic carbocycles. The number of carbonyl (C=O) groups excluding carboxylic acids is 2. The molecular formula is C25H29N3O6S2. The largest absolute Gasteiger partial charge is 0.465 e. The molecule has 1 saturated heterocycles. The number of benzene rings is 2. The van der Waals surface area contributed by atoms with Gasteiger partial charge in [0.2, 0.25) is 10.0 Å². The first-order valence-corrected chi connectivity index (χ1v) is 14.1. The molecule has 0 aliphatic carbocycles. The molecule has 0 N–H and O–H groups in total. The minimum Gasteiger partial charge on any atom is -0.465 e. The van der Waals surface area contributed by atoms with Gasteiger partial charge in [-0.2, -0.15) is 9.30 Å². The summed E-state index contributed by atoms with van der Waals surface area (Å²) in [6.07, 6.45) is 2.75. The van der Waals surface area contributed by atoms with Crippen LogP contribution in [0.1, 0.15) is 46.9 Å². The molecule has 4 rings (SSSR count). The van der Waals surface area contributed by atoms with E-state index in [2.05, 4.69) is 4.99 Å². The minimum absolute atomic E-state index is 0.171. The molecule has 0 bridgehead atoms. The zero-order valence-corrected chi connectivity index (χ0v) is 21.9. The molecule has 0 saturated carbocycles. The van der Waals surface area contributed by atoms with Gasteiger partial charge in [-0.15, -0.1) is 0 Å². The Morgan fingerprint density at radius 3 is 2.39 bits per heavy atom. The highest BCUT2D eigenvalue weighted by Crippen LogP contribution is 2.22. The molecule has 1 aliphatic heterocycles. The Bertz CT molecular complexity index is 1420. The van der Waals surface area contributed by atoms with Crippen LogP contribution in [0.2, 0.25) is 0 Å². The number of fused-ring (bicyclic) bond motifs is 1. The third kappa shape index (κ3) is 5.59. The average molecular weight is 532 g/mol. The standard InChI is InChI=1S/C25H29N3O6S2/c1-3-34-16-15-28-21-12-9-19(24(30)33-2)17-22(21)35-25(28)26-23(29)18-7-10-20(11-8-18)36(31,32)27-13-5-4-6-14-27/h7-12,17H,3-6,13-16H2,1-2H3.